The molecule has 0 aliphatic rings. The summed E-state index contributed by atoms with van der Waals surface area (Å²) in [5.74, 6) is 1.62. The number of aromatic nitrogens is 2. The number of rotatable bonds is 3. The summed E-state index contributed by atoms with van der Waals surface area (Å²) in [7, 11) is 0. The average molecular weight is 274 g/mol. The molecule has 3 N–H and O–H groups in total. The Balaban J connectivity index is 2.42. The summed E-state index contributed by atoms with van der Waals surface area (Å²) < 4.78 is 13.4. The molecule has 0 amide bonds. The topological polar surface area (TPSA) is 63.8 Å². The molecule has 4 nitrogen and oxygen atoms in total. The Labute approximate surface area is 118 Å². The van der Waals surface area contributed by atoms with Gasteiger partial charge in [0.25, 0.3) is 0 Å². The molecule has 106 valence electrons. The fraction of sp³-hybridized carbons (Fsp3) is 0.333. The van der Waals surface area contributed by atoms with Crippen LogP contribution in [0, 0.1) is 19.7 Å². The number of nitrogens with one attached hydrogen (secondary N) is 1. The van der Waals surface area contributed by atoms with Gasteiger partial charge in [0.15, 0.2) is 0 Å². The smallest absolute Gasteiger partial charge is 0.139 e. The van der Waals surface area contributed by atoms with E-state index in [9.17, 15) is 4.39 Å². The lowest BCUT2D eigenvalue weighted by atomic mass is 10.2. The first kappa shape index (κ1) is 14.2. The van der Waals surface area contributed by atoms with Crippen molar-refractivity contribution >= 4 is 17.3 Å². The van der Waals surface area contributed by atoms with Crippen molar-refractivity contribution in [1.29, 1.82) is 0 Å². The molecule has 0 saturated heterocycles. The first-order valence-corrected chi connectivity index (χ1v) is 6.55. The van der Waals surface area contributed by atoms with Crippen molar-refractivity contribution in [1.82, 2.24) is 9.97 Å². The highest BCUT2D eigenvalue weighted by Crippen LogP contribution is 2.25. The van der Waals surface area contributed by atoms with Gasteiger partial charge in [-0.1, -0.05) is 13.8 Å². The van der Waals surface area contributed by atoms with E-state index in [1.807, 2.05) is 33.8 Å². The first-order chi connectivity index (χ1) is 9.36. The van der Waals surface area contributed by atoms with E-state index < -0.39 is 0 Å². The van der Waals surface area contributed by atoms with Crippen LogP contribution >= 0.6 is 0 Å². The van der Waals surface area contributed by atoms with Crippen LogP contribution in [0.25, 0.3) is 0 Å². The zero-order valence-electron chi connectivity index (χ0n) is 12.2. The van der Waals surface area contributed by atoms with Crippen LogP contribution in [-0.2, 0) is 0 Å². The largest absolute Gasteiger partial charge is 0.383 e. The molecule has 0 saturated carbocycles. The van der Waals surface area contributed by atoms with Gasteiger partial charge in [0.05, 0.1) is 0 Å². The Bertz CT molecular complexity index is 618. The lowest BCUT2D eigenvalue weighted by Crippen LogP contribution is -2.08. The lowest BCUT2D eigenvalue weighted by molar-refractivity contribution is 0.627. The van der Waals surface area contributed by atoms with Crippen molar-refractivity contribution in [3.8, 4) is 0 Å². The van der Waals surface area contributed by atoms with Gasteiger partial charge in [-0.2, -0.15) is 0 Å². The number of hydrogen-bond acceptors (Lipinski definition) is 4. The predicted molar refractivity (Wildman–Crippen MR) is 79.7 cm³/mol. The quantitative estimate of drug-likeness (QED) is 0.896. The van der Waals surface area contributed by atoms with Gasteiger partial charge in [-0.25, -0.2) is 14.4 Å². The first-order valence-electron chi connectivity index (χ1n) is 6.55. The zero-order chi connectivity index (χ0) is 14.9. The van der Waals surface area contributed by atoms with Crippen LogP contribution < -0.4 is 11.1 Å². The molecule has 2 rings (SSSR count). The molecule has 20 heavy (non-hydrogen) atoms. The fourth-order valence-corrected chi connectivity index (χ4v) is 1.88. The third-order valence-electron chi connectivity index (χ3n) is 3.02. The number of anilines is 3. The molecule has 0 radical (unpaired) electrons. The number of hydrogen-bond donors (Lipinski definition) is 2. The highest BCUT2D eigenvalue weighted by molar-refractivity contribution is 5.64. The SMILES string of the molecule is Cc1cc(F)cc(Nc2nc(C(C)C)nc(N)c2C)c1. The Hall–Kier alpha value is -2.17. The van der Waals surface area contributed by atoms with Gasteiger partial charge in [-0.15, -0.1) is 0 Å². The molecule has 2 aromatic rings. The van der Waals surface area contributed by atoms with E-state index in [0.29, 0.717) is 23.1 Å². The van der Waals surface area contributed by atoms with Crippen LogP contribution in [0.15, 0.2) is 18.2 Å². The highest BCUT2D eigenvalue weighted by atomic mass is 19.1. The molecule has 0 bridgehead atoms. The van der Waals surface area contributed by atoms with Gasteiger partial charge in [-0.3, -0.25) is 0 Å². The minimum atomic E-state index is -0.281. The zero-order valence-corrected chi connectivity index (χ0v) is 12.2. The minimum Gasteiger partial charge on any atom is -0.383 e. The van der Waals surface area contributed by atoms with Crippen LogP contribution in [0.5, 0.6) is 0 Å². The molecule has 0 aliphatic heterocycles. The Morgan fingerprint density at radius 2 is 1.85 bits per heavy atom. The van der Waals surface area contributed by atoms with Crippen LogP contribution in [-0.4, -0.2) is 9.97 Å². The predicted octanol–water partition coefficient (Wildman–Crippen LogP) is 3.68. The molecule has 1 aromatic carbocycles. The summed E-state index contributed by atoms with van der Waals surface area (Å²) in [5, 5.41) is 3.12. The summed E-state index contributed by atoms with van der Waals surface area (Å²) in [6.07, 6.45) is 0. The van der Waals surface area contributed by atoms with Crippen LogP contribution in [0.1, 0.15) is 36.7 Å². The Kier molecular flexibility index (Phi) is 3.88. The maximum absolute atomic E-state index is 13.4. The summed E-state index contributed by atoms with van der Waals surface area (Å²) >= 11 is 0. The molecule has 5 heteroatoms. The van der Waals surface area contributed by atoms with Crippen LogP contribution in [0.3, 0.4) is 0 Å². The van der Waals surface area contributed by atoms with Crippen LogP contribution in [0.2, 0.25) is 0 Å². The van der Waals surface area contributed by atoms with Gasteiger partial charge in [0.2, 0.25) is 0 Å². The molecule has 0 fully saturated rings. The van der Waals surface area contributed by atoms with Crippen molar-refractivity contribution in [2.75, 3.05) is 11.1 Å². The van der Waals surface area contributed by atoms with Gasteiger partial charge in [0.1, 0.15) is 23.3 Å². The molecule has 1 aromatic heterocycles. The van der Waals surface area contributed by atoms with E-state index in [4.69, 9.17) is 5.73 Å². The minimum absolute atomic E-state index is 0.174. The van der Waals surface area contributed by atoms with E-state index in [1.54, 1.807) is 0 Å². The number of nitrogens with zero attached hydrogens (tertiary/aromatic N) is 2. The second-order valence-corrected chi connectivity index (χ2v) is 5.24. The second-order valence-electron chi connectivity index (χ2n) is 5.24. The number of aryl methyl sites for hydroxylation is 1. The fourth-order valence-electron chi connectivity index (χ4n) is 1.88. The Morgan fingerprint density at radius 3 is 2.45 bits per heavy atom. The van der Waals surface area contributed by atoms with Crippen molar-refractivity contribution in [2.45, 2.75) is 33.6 Å². The van der Waals surface area contributed by atoms with Gasteiger partial charge >= 0.3 is 0 Å². The monoisotopic (exact) mass is 274 g/mol. The van der Waals surface area contributed by atoms with Crippen molar-refractivity contribution in [3.05, 3.63) is 41.0 Å². The van der Waals surface area contributed by atoms with E-state index >= 15 is 0 Å². The molecule has 0 unspecified atom stereocenters. The van der Waals surface area contributed by atoms with Crippen molar-refractivity contribution in [2.24, 2.45) is 0 Å². The highest BCUT2D eigenvalue weighted by Gasteiger charge is 2.11. The van der Waals surface area contributed by atoms with E-state index in [-0.39, 0.29) is 11.7 Å². The maximum Gasteiger partial charge on any atom is 0.139 e. The average Bonchev–Trinajstić information content (AvgIpc) is 2.33. The third-order valence-corrected chi connectivity index (χ3v) is 3.02. The molecule has 1 heterocycles. The second kappa shape index (κ2) is 5.45. The summed E-state index contributed by atoms with van der Waals surface area (Å²) in [6, 6.07) is 4.77. The van der Waals surface area contributed by atoms with Gasteiger partial charge in [0, 0.05) is 17.2 Å². The van der Waals surface area contributed by atoms with Crippen molar-refractivity contribution in [3.63, 3.8) is 0 Å². The number of halogens is 1. The molecule has 0 spiro atoms. The normalized spacial score (nSPS) is 10.9. The van der Waals surface area contributed by atoms with Crippen LogP contribution in [0.4, 0.5) is 21.7 Å². The molecular formula is C15H19FN4. The van der Waals surface area contributed by atoms with E-state index in [0.717, 1.165) is 11.1 Å². The van der Waals surface area contributed by atoms with Gasteiger partial charge < -0.3 is 11.1 Å². The van der Waals surface area contributed by atoms with Gasteiger partial charge in [-0.05, 0) is 37.6 Å². The number of nitrogen functional groups attached to an aromatic ring is 1. The van der Waals surface area contributed by atoms with Crippen molar-refractivity contribution < 1.29 is 4.39 Å². The van der Waals surface area contributed by atoms with E-state index in [1.165, 1.54) is 12.1 Å². The van der Waals surface area contributed by atoms with E-state index in [2.05, 4.69) is 15.3 Å². The Morgan fingerprint density at radius 1 is 1.15 bits per heavy atom. The summed E-state index contributed by atoms with van der Waals surface area (Å²) in [6.45, 7) is 7.68. The number of nitrogens with two attached hydrogens (primary N) is 1. The molecule has 0 atom stereocenters. The third kappa shape index (κ3) is 3.04. The molecule has 0 aliphatic carbocycles. The standard InChI is InChI=1S/C15H19FN4/c1-8(2)14-19-13(17)10(4)15(20-14)18-12-6-9(3)5-11(16)7-12/h5-8H,1-4H3,(H3,17,18,19,20). The lowest BCUT2D eigenvalue weighted by Gasteiger charge is -2.14. The summed E-state index contributed by atoms with van der Waals surface area (Å²) in [4.78, 5) is 8.72. The molecular weight excluding hydrogens is 255 g/mol. The maximum atomic E-state index is 13.4. The number of benzene rings is 1. The summed E-state index contributed by atoms with van der Waals surface area (Å²) in [5.41, 5.74) is 8.16.